The molecule has 1 rings (SSSR count). The summed E-state index contributed by atoms with van der Waals surface area (Å²) in [6.45, 7) is 9.23. The molecule has 104 valence electrons. The van der Waals surface area contributed by atoms with Gasteiger partial charge in [-0.05, 0) is 45.3 Å². The summed E-state index contributed by atoms with van der Waals surface area (Å²) < 4.78 is 5.49. The number of nitrogens with zero attached hydrogens (tertiary/aromatic N) is 1. The first-order chi connectivity index (χ1) is 8.68. The van der Waals surface area contributed by atoms with E-state index < -0.39 is 0 Å². The summed E-state index contributed by atoms with van der Waals surface area (Å²) in [5.74, 6) is 0. The maximum atomic E-state index is 5.49. The summed E-state index contributed by atoms with van der Waals surface area (Å²) in [5, 5.41) is 5.59. The number of ether oxygens (including phenoxy) is 1. The van der Waals surface area contributed by atoms with Crippen molar-refractivity contribution in [1.29, 1.82) is 0 Å². The molecule has 0 saturated carbocycles. The van der Waals surface area contributed by atoms with Crippen molar-refractivity contribution in [3.05, 3.63) is 22.4 Å². The highest BCUT2D eigenvalue weighted by atomic mass is 32.1. The van der Waals surface area contributed by atoms with E-state index in [1.165, 1.54) is 4.88 Å². The Morgan fingerprint density at radius 1 is 1.39 bits per heavy atom. The number of hydrogen-bond acceptors (Lipinski definition) is 4. The van der Waals surface area contributed by atoms with Crippen LogP contribution in [0.1, 0.15) is 25.1 Å². The van der Waals surface area contributed by atoms with E-state index in [4.69, 9.17) is 4.74 Å². The molecule has 1 aromatic heterocycles. The van der Waals surface area contributed by atoms with Crippen molar-refractivity contribution in [2.45, 2.75) is 32.9 Å². The fourth-order valence-electron chi connectivity index (χ4n) is 1.66. The molecule has 3 nitrogen and oxygen atoms in total. The lowest BCUT2D eigenvalue weighted by Crippen LogP contribution is -2.29. The highest BCUT2D eigenvalue weighted by molar-refractivity contribution is 7.09. The summed E-state index contributed by atoms with van der Waals surface area (Å²) in [6.07, 6.45) is 1.44. The van der Waals surface area contributed by atoms with Crippen molar-refractivity contribution in [1.82, 2.24) is 10.2 Å². The molecule has 0 fully saturated rings. The van der Waals surface area contributed by atoms with Crippen LogP contribution in [-0.2, 0) is 11.3 Å². The quantitative estimate of drug-likeness (QED) is 0.661. The van der Waals surface area contributed by atoms with E-state index in [0.717, 1.165) is 39.2 Å². The number of hydrogen-bond donors (Lipinski definition) is 1. The zero-order chi connectivity index (χ0) is 13.2. The first kappa shape index (κ1) is 15.6. The van der Waals surface area contributed by atoms with Gasteiger partial charge in [-0.15, -0.1) is 11.3 Å². The Labute approximate surface area is 115 Å². The first-order valence-electron chi connectivity index (χ1n) is 6.71. The zero-order valence-corrected chi connectivity index (χ0v) is 12.6. The summed E-state index contributed by atoms with van der Waals surface area (Å²) in [4.78, 5) is 3.78. The predicted molar refractivity (Wildman–Crippen MR) is 79.2 cm³/mol. The summed E-state index contributed by atoms with van der Waals surface area (Å²) in [6, 6.07) is 4.30. The maximum absolute atomic E-state index is 5.49. The minimum atomic E-state index is 0.349. The summed E-state index contributed by atoms with van der Waals surface area (Å²) in [7, 11) is 2.17. The average molecular weight is 270 g/mol. The van der Waals surface area contributed by atoms with Gasteiger partial charge in [0.25, 0.3) is 0 Å². The van der Waals surface area contributed by atoms with Gasteiger partial charge < -0.3 is 15.0 Å². The molecule has 1 aromatic rings. The molecule has 0 spiro atoms. The summed E-state index contributed by atoms with van der Waals surface area (Å²) >= 11 is 1.83. The van der Waals surface area contributed by atoms with E-state index in [-0.39, 0.29) is 0 Å². The molecule has 1 N–H and O–H groups in total. The Morgan fingerprint density at radius 3 is 2.89 bits per heavy atom. The van der Waals surface area contributed by atoms with Gasteiger partial charge in [-0.3, -0.25) is 0 Å². The highest BCUT2D eigenvalue weighted by Gasteiger charge is 2.00. The highest BCUT2D eigenvalue weighted by Crippen LogP contribution is 2.10. The Balaban J connectivity index is 1.91. The van der Waals surface area contributed by atoms with Gasteiger partial charge in [0, 0.05) is 31.1 Å². The van der Waals surface area contributed by atoms with Crippen molar-refractivity contribution >= 4 is 11.3 Å². The normalized spacial score (nSPS) is 11.6. The molecule has 0 aliphatic heterocycles. The molecule has 0 atom stereocenters. The zero-order valence-electron chi connectivity index (χ0n) is 11.8. The topological polar surface area (TPSA) is 24.5 Å². The molecule has 0 unspecified atom stereocenters. The van der Waals surface area contributed by atoms with Crippen LogP contribution in [0, 0.1) is 0 Å². The van der Waals surface area contributed by atoms with Crippen LogP contribution in [0.4, 0.5) is 0 Å². The van der Waals surface area contributed by atoms with Crippen LogP contribution in [0.15, 0.2) is 17.5 Å². The fraction of sp³-hybridized carbons (Fsp3) is 0.714. The second kappa shape index (κ2) is 9.50. The molecule has 0 bridgehead atoms. The van der Waals surface area contributed by atoms with Gasteiger partial charge >= 0.3 is 0 Å². The monoisotopic (exact) mass is 270 g/mol. The van der Waals surface area contributed by atoms with E-state index in [1.807, 2.05) is 11.3 Å². The molecular formula is C14H26N2OS. The molecule has 18 heavy (non-hydrogen) atoms. The third-order valence-corrected chi connectivity index (χ3v) is 3.49. The SMILES string of the molecule is CC(C)OCCCNCCN(C)Cc1cccs1. The Kier molecular flexibility index (Phi) is 8.25. The van der Waals surface area contributed by atoms with Crippen LogP contribution < -0.4 is 5.32 Å². The molecule has 0 amide bonds. The largest absolute Gasteiger partial charge is 0.379 e. The molecule has 0 radical (unpaired) electrons. The van der Waals surface area contributed by atoms with Gasteiger partial charge in [0.05, 0.1) is 6.10 Å². The summed E-state index contributed by atoms with van der Waals surface area (Å²) in [5.41, 5.74) is 0. The van der Waals surface area contributed by atoms with Crippen molar-refractivity contribution in [3.63, 3.8) is 0 Å². The number of nitrogens with one attached hydrogen (secondary N) is 1. The second-order valence-electron chi connectivity index (χ2n) is 4.84. The minimum Gasteiger partial charge on any atom is -0.379 e. The second-order valence-corrected chi connectivity index (χ2v) is 5.87. The van der Waals surface area contributed by atoms with E-state index in [2.05, 4.69) is 48.6 Å². The van der Waals surface area contributed by atoms with Gasteiger partial charge in [0.2, 0.25) is 0 Å². The van der Waals surface area contributed by atoms with Gasteiger partial charge in [-0.2, -0.15) is 0 Å². The van der Waals surface area contributed by atoms with Crippen molar-refractivity contribution < 1.29 is 4.74 Å². The molecule has 0 aliphatic carbocycles. The van der Waals surface area contributed by atoms with Crippen LogP contribution in [0.5, 0.6) is 0 Å². The minimum absolute atomic E-state index is 0.349. The lowest BCUT2D eigenvalue weighted by Gasteiger charge is -2.16. The third-order valence-electron chi connectivity index (χ3n) is 2.63. The fourth-order valence-corrected chi connectivity index (χ4v) is 2.44. The predicted octanol–water partition coefficient (Wildman–Crippen LogP) is 2.58. The van der Waals surface area contributed by atoms with Crippen LogP contribution in [0.25, 0.3) is 0 Å². The smallest absolute Gasteiger partial charge is 0.0518 e. The molecule has 0 saturated heterocycles. The van der Waals surface area contributed by atoms with E-state index in [0.29, 0.717) is 6.10 Å². The van der Waals surface area contributed by atoms with Crippen molar-refractivity contribution in [2.75, 3.05) is 33.3 Å². The Hall–Kier alpha value is -0.420. The van der Waals surface area contributed by atoms with Crippen molar-refractivity contribution in [2.24, 2.45) is 0 Å². The lowest BCUT2D eigenvalue weighted by molar-refractivity contribution is 0.0770. The van der Waals surface area contributed by atoms with Crippen LogP contribution in [0.2, 0.25) is 0 Å². The van der Waals surface area contributed by atoms with E-state index >= 15 is 0 Å². The van der Waals surface area contributed by atoms with Crippen LogP contribution in [-0.4, -0.2) is 44.3 Å². The number of rotatable bonds is 10. The van der Waals surface area contributed by atoms with Gasteiger partial charge in [-0.25, -0.2) is 0 Å². The maximum Gasteiger partial charge on any atom is 0.0518 e. The molecular weight excluding hydrogens is 244 g/mol. The standard InChI is InChI=1S/C14H26N2OS/c1-13(2)17-10-5-7-15-8-9-16(3)12-14-6-4-11-18-14/h4,6,11,13,15H,5,7-10,12H2,1-3H3. The molecule has 0 aromatic carbocycles. The Morgan fingerprint density at radius 2 is 2.22 bits per heavy atom. The molecule has 1 heterocycles. The Bertz CT molecular complexity index is 288. The number of likely N-dealkylation sites (N-methyl/N-ethyl adjacent to an activating group) is 1. The number of thiophene rings is 1. The van der Waals surface area contributed by atoms with Crippen LogP contribution in [0.3, 0.4) is 0 Å². The van der Waals surface area contributed by atoms with E-state index in [1.54, 1.807) is 0 Å². The van der Waals surface area contributed by atoms with Gasteiger partial charge in [0.15, 0.2) is 0 Å². The first-order valence-corrected chi connectivity index (χ1v) is 7.59. The lowest BCUT2D eigenvalue weighted by atomic mass is 10.4. The third kappa shape index (κ3) is 7.82. The molecule has 4 heteroatoms. The van der Waals surface area contributed by atoms with Crippen molar-refractivity contribution in [3.8, 4) is 0 Å². The molecule has 0 aliphatic rings. The van der Waals surface area contributed by atoms with Gasteiger partial charge in [0.1, 0.15) is 0 Å². The average Bonchev–Trinajstić information content (AvgIpc) is 2.80. The van der Waals surface area contributed by atoms with Crippen LogP contribution >= 0.6 is 11.3 Å². The van der Waals surface area contributed by atoms with Gasteiger partial charge in [-0.1, -0.05) is 6.07 Å². The van der Waals surface area contributed by atoms with E-state index in [9.17, 15) is 0 Å².